The summed E-state index contributed by atoms with van der Waals surface area (Å²) in [5, 5.41) is 6.54. The Morgan fingerprint density at radius 2 is 2.53 bits per heavy atom. The molecule has 1 heterocycles. The first-order valence-corrected chi connectivity index (χ1v) is 4.74. The topological polar surface area (TPSA) is 56.1 Å². The van der Waals surface area contributed by atoms with Crippen LogP contribution in [0.15, 0.2) is 25.0 Å². The Balaban J connectivity index is 2.49. The third-order valence-corrected chi connectivity index (χ3v) is 1.71. The first-order chi connectivity index (χ1) is 7.13. The predicted octanol–water partition coefficient (Wildman–Crippen LogP) is 1.74. The molecule has 0 bridgehead atoms. The zero-order valence-corrected chi connectivity index (χ0v) is 8.93. The molecule has 1 amide bonds. The van der Waals surface area contributed by atoms with Gasteiger partial charge in [-0.15, -0.1) is 6.58 Å². The number of ether oxygens (including phenoxy) is 1. The minimum absolute atomic E-state index is 0.249. The Bertz CT molecular complexity index is 344. The molecule has 0 atom stereocenters. The first kappa shape index (κ1) is 11.3. The number of nitrogens with zero attached hydrogens (tertiary/aromatic N) is 2. The fourth-order valence-electron chi connectivity index (χ4n) is 0.954. The molecule has 0 aliphatic rings. The number of hydrogen-bond acceptors (Lipinski definition) is 3. The number of rotatable bonds is 4. The molecule has 1 rings (SSSR count). The van der Waals surface area contributed by atoms with Gasteiger partial charge in [-0.1, -0.05) is 6.08 Å². The molecule has 0 fully saturated rings. The molecule has 0 unspecified atom stereocenters. The van der Waals surface area contributed by atoms with E-state index in [9.17, 15) is 4.79 Å². The van der Waals surface area contributed by atoms with Gasteiger partial charge in [-0.2, -0.15) is 5.10 Å². The highest BCUT2D eigenvalue weighted by Gasteiger charge is 2.06. The quantitative estimate of drug-likeness (QED) is 0.768. The number of aromatic nitrogens is 2. The van der Waals surface area contributed by atoms with Crippen molar-refractivity contribution in [3.05, 3.63) is 25.0 Å². The Morgan fingerprint density at radius 1 is 1.80 bits per heavy atom. The molecule has 1 aromatic rings. The molecule has 82 valence electrons. The highest BCUT2D eigenvalue weighted by Crippen LogP contribution is 2.12. The van der Waals surface area contributed by atoms with Crippen molar-refractivity contribution in [1.29, 1.82) is 0 Å². The fourth-order valence-corrected chi connectivity index (χ4v) is 0.954. The van der Waals surface area contributed by atoms with Gasteiger partial charge in [0.2, 0.25) is 0 Å². The highest BCUT2D eigenvalue weighted by atomic mass is 16.6. The van der Waals surface area contributed by atoms with Gasteiger partial charge in [-0.25, -0.2) is 4.79 Å². The Labute approximate surface area is 88.7 Å². The summed E-state index contributed by atoms with van der Waals surface area (Å²) in [5.74, 6) is 0.435. The second-order valence-electron chi connectivity index (χ2n) is 3.31. The summed E-state index contributed by atoms with van der Waals surface area (Å²) in [5.41, 5.74) is 0. The summed E-state index contributed by atoms with van der Waals surface area (Å²) in [6.45, 7) is 7.86. The van der Waals surface area contributed by atoms with Crippen LogP contribution in [0.2, 0.25) is 0 Å². The minimum atomic E-state index is -0.502. The predicted molar refractivity (Wildman–Crippen MR) is 56.8 cm³/mol. The van der Waals surface area contributed by atoms with E-state index in [4.69, 9.17) is 4.74 Å². The molecule has 1 aromatic heterocycles. The zero-order chi connectivity index (χ0) is 11.3. The SMILES string of the molecule is C=CCNC(=O)Oc1cnn(C(C)C)c1. The maximum atomic E-state index is 11.1. The van der Waals surface area contributed by atoms with Crippen molar-refractivity contribution < 1.29 is 9.53 Å². The van der Waals surface area contributed by atoms with Gasteiger partial charge in [-0.3, -0.25) is 4.68 Å². The molecule has 0 aromatic carbocycles. The number of amides is 1. The van der Waals surface area contributed by atoms with Crippen LogP contribution >= 0.6 is 0 Å². The lowest BCUT2D eigenvalue weighted by atomic mass is 10.4. The van der Waals surface area contributed by atoms with Crippen LogP contribution in [0.25, 0.3) is 0 Å². The van der Waals surface area contributed by atoms with Crippen molar-refractivity contribution in [3.8, 4) is 5.75 Å². The van der Waals surface area contributed by atoms with Crippen molar-refractivity contribution in [2.45, 2.75) is 19.9 Å². The van der Waals surface area contributed by atoms with Gasteiger partial charge in [0.25, 0.3) is 0 Å². The molecule has 0 aliphatic carbocycles. The van der Waals surface area contributed by atoms with Crippen molar-refractivity contribution in [2.24, 2.45) is 0 Å². The maximum Gasteiger partial charge on any atom is 0.412 e. The number of nitrogens with one attached hydrogen (secondary N) is 1. The van der Waals surface area contributed by atoms with Crippen LogP contribution in [0.1, 0.15) is 19.9 Å². The molecule has 0 spiro atoms. The summed E-state index contributed by atoms with van der Waals surface area (Å²) in [4.78, 5) is 11.1. The van der Waals surface area contributed by atoms with Gasteiger partial charge in [0.05, 0.1) is 12.4 Å². The third kappa shape index (κ3) is 3.46. The van der Waals surface area contributed by atoms with Crippen LogP contribution < -0.4 is 10.1 Å². The zero-order valence-electron chi connectivity index (χ0n) is 8.93. The monoisotopic (exact) mass is 209 g/mol. The number of carbonyl (C=O) groups is 1. The minimum Gasteiger partial charge on any atom is -0.407 e. The van der Waals surface area contributed by atoms with E-state index < -0.39 is 6.09 Å². The van der Waals surface area contributed by atoms with Crippen LogP contribution in [-0.4, -0.2) is 22.4 Å². The van der Waals surface area contributed by atoms with Gasteiger partial charge in [0.15, 0.2) is 5.75 Å². The molecule has 5 nitrogen and oxygen atoms in total. The van der Waals surface area contributed by atoms with Gasteiger partial charge >= 0.3 is 6.09 Å². The Kier molecular flexibility index (Phi) is 3.91. The van der Waals surface area contributed by atoms with Crippen LogP contribution in [-0.2, 0) is 0 Å². The molecule has 15 heavy (non-hydrogen) atoms. The fraction of sp³-hybridized carbons (Fsp3) is 0.400. The van der Waals surface area contributed by atoms with E-state index in [1.165, 1.54) is 6.20 Å². The van der Waals surface area contributed by atoms with Crippen molar-refractivity contribution in [2.75, 3.05) is 6.54 Å². The van der Waals surface area contributed by atoms with E-state index in [0.29, 0.717) is 12.3 Å². The molecular weight excluding hydrogens is 194 g/mol. The largest absolute Gasteiger partial charge is 0.412 e. The van der Waals surface area contributed by atoms with Crippen molar-refractivity contribution in [3.63, 3.8) is 0 Å². The van der Waals surface area contributed by atoms with E-state index in [2.05, 4.69) is 17.0 Å². The summed E-state index contributed by atoms with van der Waals surface area (Å²) >= 11 is 0. The van der Waals surface area contributed by atoms with Crippen LogP contribution in [0.4, 0.5) is 4.79 Å². The smallest absolute Gasteiger partial charge is 0.407 e. The summed E-state index contributed by atoms with van der Waals surface area (Å²) in [7, 11) is 0. The van der Waals surface area contributed by atoms with Gasteiger partial charge in [0, 0.05) is 12.6 Å². The standard InChI is InChI=1S/C10H15N3O2/c1-4-5-11-10(14)15-9-6-12-13(7-9)8(2)3/h4,6-8H,1,5H2,2-3H3,(H,11,14). The van der Waals surface area contributed by atoms with E-state index >= 15 is 0 Å². The summed E-state index contributed by atoms with van der Waals surface area (Å²) in [6, 6.07) is 0.249. The summed E-state index contributed by atoms with van der Waals surface area (Å²) in [6.07, 6.45) is 4.27. The van der Waals surface area contributed by atoms with E-state index in [-0.39, 0.29) is 6.04 Å². The van der Waals surface area contributed by atoms with Gasteiger partial charge in [0.1, 0.15) is 0 Å². The number of hydrogen-bond donors (Lipinski definition) is 1. The van der Waals surface area contributed by atoms with Gasteiger partial charge in [-0.05, 0) is 13.8 Å². The van der Waals surface area contributed by atoms with Crippen LogP contribution in [0, 0.1) is 0 Å². The lowest BCUT2D eigenvalue weighted by Gasteiger charge is -2.03. The lowest BCUT2D eigenvalue weighted by molar-refractivity contribution is 0.201. The average Bonchev–Trinajstić information content (AvgIpc) is 2.63. The number of carbonyl (C=O) groups excluding carboxylic acids is 1. The molecule has 0 saturated heterocycles. The lowest BCUT2D eigenvalue weighted by Crippen LogP contribution is -2.26. The van der Waals surface area contributed by atoms with E-state index in [1.807, 2.05) is 13.8 Å². The van der Waals surface area contributed by atoms with Crippen molar-refractivity contribution >= 4 is 6.09 Å². The van der Waals surface area contributed by atoms with Crippen LogP contribution in [0.5, 0.6) is 5.75 Å². The highest BCUT2D eigenvalue weighted by molar-refractivity contribution is 5.70. The molecule has 0 aliphatic heterocycles. The molecule has 1 N–H and O–H groups in total. The van der Waals surface area contributed by atoms with Crippen molar-refractivity contribution in [1.82, 2.24) is 15.1 Å². The normalized spacial score (nSPS) is 10.1. The molecule has 0 radical (unpaired) electrons. The third-order valence-electron chi connectivity index (χ3n) is 1.71. The maximum absolute atomic E-state index is 11.1. The average molecular weight is 209 g/mol. The van der Waals surface area contributed by atoms with Crippen LogP contribution in [0.3, 0.4) is 0 Å². The Morgan fingerprint density at radius 3 is 3.07 bits per heavy atom. The second kappa shape index (κ2) is 5.19. The first-order valence-electron chi connectivity index (χ1n) is 4.74. The van der Waals surface area contributed by atoms with E-state index in [1.54, 1.807) is 17.0 Å². The molecule has 0 saturated carbocycles. The Hall–Kier alpha value is -1.78. The van der Waals surface area contributed by atoms with E-state index in [0.717, 1.165) is 0 Å². The summed E-state index contributed by atoms with van der Waals surface area (Å²) < 4.78 is 6.68. The van der Waals surface area contributed by atoms with Gasteiger partial charge < -0.3 is 10.1 Å². The molecule has 5 heteroatoms. The second-order valence-corrected chi connectivity index (χ2v) is 3.31. The molecular formula is C10H15N3O2.